The van der Waals surface area contributed by atoms with Gasteiger partial charge in [-0.2, -0.15) is 0 Å². The lowest BCUT2D eigenvalue weighted by Crippen LogP contribution is -2.48. The molecule has 28 heavy (non-hydrogen) atoms. The minimum Gasteiger partial charge on any atom is -0.508 e. The minimum absolute atomic E-state index is 0.0153. The van der Waals surface area contributed by atoms with E-state index in [1.54, 1.807) is 4.90 Å². The van der Waals surface area contributed by atoms with E-state index in [0.29, 0.717) is 49.6 Å². The number of aromatic hydroxyl groups is 1. The number of phenolic OH excluding ortho intramolecular Hbond substituents is 1. The number of carbonyl (C=O) groups excluding carboxylic acids is 2. The molecule has 1 heterocycles. The SMILES string of the molecule is CCOc1ccccc1OC1CCN(C(=O)NC(=O)c2ccc(O)cc2)CC1. The zero-order chi connectivity index (χ0) is 19.9. The van der Waals surface area contributed by atoms with Gasteiger partial charge in [0.2, 0.25) is 0 Å². The van der Waals surface area contributed by atoms with Crippen molar-refractivity contribution in [2.24, 2.45) is 0 Å². The molecule has 0 radical (unpaired) electrons. The molecule has 1 aliphatic heterocycles. The standard InChI is InChI=1S/C21H24N2O5/c1-2-27-18-5-3-4-6-19(18)28-17-11-13-23(14-12-17)21(26)22-20(25)15-7-9-16(24)10-8-15/h3-10,17,24H,2,11-14H2,1H3,(H,22,25,26). The topological polar surface area (TPSA) is 88.1 Å². The van der Waals surface area contributed by atoms with Crippen LogP contribution in [0.4, 0.5) is 4.79 Å². The average molecular weight is 384 g/mol. The van der Waals surface area contributed by atoms with E-state index < -0.39 is 11.9 Å². The quantitative estimate of drug-likeness (QED) is 0.827. The second-order valence-corrected chi connectivity index (χ2v) is 6.49. The molecule has 0 bridgehead atoms. The van der Waals surface area contributed by atoms with Gasteiger partial charge in [0.15, 0.2) is 11.5 Å². The van der Waals surface area contributed by atoms with Crippen molar-refractivity contribution in [3.63, 3.8) is 0 Å². The van der Waals surface area contributed by atoms with E-state index >= 15 is 0 Å². The second-order valence-electron chi connectivity index (χ2n) is 6.49. The summed E-state index contributed by atoms with van der Waals surface area (Å²) in [6, 6.07) is 12.9. The van der Waals surface area contributed by atoms with E-state index in [0.717, 1.165) is 0 Å². The number of hydrogen-bond acceptors (Lipinski definition) is 5. The Morgan fingerprint density at radius 3 is 2.36 bits per heavy atom. The van der Waals surface area contributed by atoms with Gasteiger partial charge in [-0.05, 0) is 43.3 Å². The summed E-state index contributed by atoms with van der Waals surface area (Å²) in [7, 11) is 0. The van der Waals surface area contributed by atoms with Crippen LogP contribution in [-0.4, -0.2) is 47.7 Å². The first kappa shape index (κ1) is 19.5. The Balaban J connectivity index is 1.50. The third-order valence-corrected chi connectivity index (χ3v) is 4.52. The van der Waals surface area contributed by atoms with Crippen molar-refractivity contribution < 1.29 is 24.2 Å². The molecule has 7 nitrogen and oxygen atoms in total. The third-order valence-electron chi connectivity index (χ3n) is 4.52. The molecule has 0 atom stereocenters. The van der Waals surface area contributed by atoms with E-state index in [2.05, 4.69) is 5.32 Å². The predicted octanol–water partition coefficient (Wildman–Crippen LogP) is 3.18. The van der Waals surface area contributed by atoms with Gasteiger partial charge in [0.25, 0.3) is 5.91 Å². The Kier molecular flexibility index (Phi) is 6.37. The van der Waals surface area contributed by atoms with Gasteiger partial charge in [-0.1, -0.05) is 12.1 Å². The largest absolute Gasteiger partial charge is 0.508 e. The van der Waals surface area contributed by atoms with Crippen LogP contribution in [0.1, 0.15) is 30.1 Å². The molecule has 3 amide bonds. The lowest BCUT2D eigenvalue weighted by Gasteiger charge is -2.32. The summed E-state index contributed by atoms with van der Waals surface area (Å²) in [4.78, 5) is 26.1. The van der Waals surface area contributed by atoms with Crippen molar-refractivity contribution in [1.82, 2.24) is 10.2 Å². The summed E-state index contributed by atoms with van der Waals surface area (Å²) >= 11 is 0. The van der Waals surface area contributed by atoms with Crippen molar-refractivity contribution in [3.05, 3.63) is 54.1 Å². The molecule has 0 aromatic heterocycles. The number of carbonyl (C=O) groups is 2. The molecule has 7 heteroatoms. The number of ether oxygens (including phenoxy) is 2. The number of phenols is 1. The molecular weight excluding hydrogens is 360 g/mol. The van der Waals surface area contributed by atoms with Gasteiger partial charge in [0, 0.05) is 31.5 Å². The summed E-state index contributed by atoms with van der Waals surface area (Å²) < 4.78 is 11.6. The highest BCUT2D eigenvalue weighted by Crippen LogP contribution is 2.29. The summed E-state index contributed by atoms with van der Waals surface area (Å²) in [6.45, 7) is 3.48. The second kappa shape index (κ2) is 9.12. The van der Waals surface area contributed by atoms with Crippen LogP contribution >= 0.6 is 0 Å². The Bertz CT molecular complexity index is 814. The summed E-state index contributed by atoms with van der Waals surface area (Å²) in [5.41, 5.74) is 0.317. The monoisotopic (exact) mass is 384 g/mol. The molecule has 1 fully saturated rings. The van der Waals surface area contributed by atoms with Crippen molar-refractivity contribution >= 4 is 11.9 Å². The van der Waals surface area contributed by atoms with Crippen LogP contribution in [0.5, 0.6) is 17.2 Å². The van der Waals surface area contributed by atoms with Crippen LogP contribution in [0.2, 0.25) is 0 Å². The van der Waals surface area contributed by atoms with Crippen LogP contribution < -0.4 is 14.8 Å². The summed E-state index contributed by atoms with van der Waals surface area (Å²) in [5, 5.41) is 11.7. The third kappa shape index (κ3) is 4.94. The Morgan fingerprint density at radius 1 is 1.07 bits per heavy atom. The molecule has 0 aliphatic carbocycles. The van der Waals surface area contributed by atoms with E-state index in [9.17, 15) is 14.7 Å². The first-order valence-electron chi connectivity index (χ1n) is 9.34. The van der Waals surface area contributed by atoms with Gasteiger partial charge in [-0.25, -0.2) is 4.79 Å². The van der Waals surface area contributed by atoms with Gasteiger partial charge >= 0.3 is 6.03 Å². The molecule has 1 saturated heterocycles. The highest BCUT2D eigenvalue weighted by molar-refractivity contribution is 6.04. The average Bonchev–Trinajstić information content (AvgIpc) is 2.70. The molecule has 2 aromatic carbocycles. The maximum atomic E-state index is 12.3. The summed E-state index contributed by atoms with van der Waals surface area (Å²) in [5.74, 6) is 0.990. The Labute approximate surface area is 163 Å². The molecule has 2 aromatic rings. The normalized spacial score (nSPS) is 14.4. The van der Waals surface area contributed by atoms with Crippen molar-refractivity contribution in [2.75, 3.05) is 19.7 Å². The highest BCUT2D eigenvalue weighted by Gasteiger charge is 2.25. The molecule has 148 valence electrons. The fourth-order valence-corrected chi connectivity index (χ4v) is 3.04. The first-order chi connectivity index (χ1) is 13.6. The lowest BCUT2D eigenvalue weighted by molar-refractivity contribution is 0.0910. The van der Waals surface area contributed by atoms with Crippen LogP contribution in [0.3, 0.4) is 0 Å². The zero-order valence-electron chi connectivity index (χ0n) is 15.8. The van der Waals surface area contributed by atoms with E-state index in [1.807, 2.05) is 31.2 Å². The number of para-hydroxylation sites is 2. The van der Waals surface area contributed by atoms with Gasteiger partial charge in [-0.15, -0.1) is 0 Å². The van der Waals surface area contributed by atoms with Gasteiger partial charge in [0.1, 0.15) is 11.9 Å². The number of urea groups is 1. The highest BCUT2D eigenvalue weighted by atomic mass is 16.5. The zero-order valence-corrected chi connectivity index (χ0v) is 15.8. The fraction of sp³-hybridized carbons (Fsp3) is 0.333. The molecular formula is C21H24N2O5. The van der Waals surface area contributed by atoms with E-state index in [1.165, 1.54) is 24.3 Å². The van der Waals surface area contributed by atoms with Crippen molar-refractivity contribution in [1.29, 1.82) is 0 Å². The number of amides is 3. The molecule has 2 N–H and O–H groups in total. The molecule has 0 unspecified atom stereocenters. The molecule has 0 spiro atoms. The van der Waals surface area contributed by atoms with Crippen LogP contribution in [0.25, 0.3) is 0 Å². The van der Waals surface area contributed by atoms with Crippen LogP contribution in [0.15, 0.2) is 48.5 Å². The molecule has 0 saturated carbocycles. The number of rotatable bonds is 5. The number of imide groups is 1. The van der Waals surface area contributed by atoms with Gasteiger partial charge < -0.3 is 19.5 Å². The number of nitrogens with one attached hydrogen (secondary N) is 1. The van der Waals surface area contributed by atoms with Crippen LogP contribution in [-0.2, 0) is 0 Å². The first-order valence-corrected chi connectivity index (χ1v) is 9.34. The van der Waals surface area contributed by atoms with Crippen molar-refractivity contribution in [3.8, 4) is 17.2 Å². The number of hydrogen-bond donors (Lipinski definition) is 2. The van der Waals surface area contributed by atoms with Gasteiger partial charge in [0.05, 0.1) is 6.61 Å². The molecule has 3 rings (SSSR count). The smallest absolute Gasteiger partial charge is 0.324 e. The van der Waals surface area contributed by atoms with E-state index in [-0.39, 0.29) is 11.9 Å². The fourth-order valence-electron chi connectivity index (χ4n) is 3.04. The Morgan fingerprint density at radius 2 is 1.71 bits per heavy atom. The Hall–Kier alpha value is -3.22. The number of likely N-dealkylation sites (tertiary alicyclic amines) is 1. The lowest BCUT2D eigenvalue weighted by atomic mass is 10.1. The maximum absolute atomic E-state index is 12.3. The number of piperidine rings is 1. The number of benzene rings is 2. The van der Waals surface area contributed by atoms with Gasteiger partial charge in [-0.3, -0.25) is 10.1 Å². The van der Waals surface area contributed by atoms with E-state index in [4.69, 9.17) is 9.47 Å². The number of nitrogens with zero attached hydrogens (tertiary/aromatic N) is 1. The maximum Gasteiger partial charge on any atom is 0.324 e. The predicted molar refractivity (Wildman–Crippen MR) is 104 cm³/mol. The molecule has 1 aliphatic rings. The minimum atomic E-state index is -0.492. The van der Waals surface area contributed by atoms with Crippen LogP contribution in [0, 0.1) is 0 Å². The summed E-state index contributed by atoms with van der Waals surface area (Å²) in [6.07, 6.45) is 1.32. The van der Waals surface area contributed by atoms with Crippen molar-refractivity contribution in [2.45, 2.75) is 25.9 Å².